The van der Waals surface area contributed by atoms with Crippen LogP contribution in [0.25, 0.3) is 0 Å². The smallest absolute Gasteiger partial charge is 0.255 e. The van der Waals surface area contributed by atoms with Crippen LogP contribution in [0, 0.1) is 9.87 Å². The summed E-state index contributed by atoms with van der Waals surface area (Å²) in [5.74, 6) is -1.12. The van der Waals surface area contributed by atoms with E-state index in [1.54, 1.807) is 24.3 Å². The first kappa shape index (κ1) is 27.2. The molecule has 1 heterocycles. The van der Waals surface area contributed by atoms with Crippen LogP contribution in [0.5, 0.6) is 0 Å². The van der Waals surface area contributed by atoms with Gasteiger partial charge in [0.1, 0.15) is 6.04 Å². The number of nitrogens with one attached hydrogen (secondary N) is 4. The molecule has 0 bridgehead atoms. The highest BCUT2D eigenvalue weighted by molar-refractivity contribution is 7.73. The van der Waals surface area contributed by atoms with Gasteiger partial charge in [0.15, 0.2) is 3.95 Å². The number of H-pyrrole nitrogens is 1. The molecule has 8 nitrogen and oxygen atoms in total. The van der Waals surface area contributed by atoms with E-state index in [2.05, 4.69) is 46.9 Å². The standard InChI is InChI=1S/C26H31N5O3S2/c1-15(2)20(23(34)29-24-30-31-25(35)36-24)28-22(33)16-7-6-8-19(14-11-16)27-21(32)17-9-12-18(13-10-17)26(3,4)5/h6,8-15,20H,7H2,1-5H3,(H,27,32)(H,28,33)(H,31,35)(H,29,30,34)/t20-/m0/s1. The van der Waals surface area contributed by atoms with E-state index in [0.29, 0.717) is 32.3 Å². The lowest BCUT2D eigenvalue weighted by Gasteiger charge is -2.21. The van der Waals surface area contributed by atoms with Crippen molar-refractivity contribution >= 4 is 46.4 Å². The van der Waals surface area contributed by atoms with Crippen LogP contribution in [0.3, 0.4) is 0 Å². The molecule has 0 fully saturated rings. The number of carbonyl (C=O) groups is 3. The van der Waals surface area contributed by atoms with Crippen LogP contribution in [0.1, 0.15) is 57.0 Å². The predicted octanol–water partition coefficient (Wildman–Crippen LogP) is 4.78. The molecule has 10 heteroatoms. The monoisotopic (exact) mass is 525 g/mol. The SMILES string of the molecule is CC(C)[C@H](NC(=O)C1=CC=C(NC(=O)c2ccc(C(C)(C)C)cc2)C=CC1)C(=O)Nc1n[nH]c(=S)s1. The van der Waals surface area contributed by atoms with Crippen LogP contribution in [-0.2, 0) is 15.0 Å². The van der Waals surface area contributed by atoms with E-state index in [0.717, 1.165) is 16.9 Å². The van der Waals surface area contributed by atoms with E-state index in [4.69, 9.17) is 12.2 Å². The average molecular weight is 526 g/mol. The zero-order valence-electron chi connectivity index (χ0n) is 21.0. The summed E-state index contributed by atoms with van der Waals surface area (Å²) < 4.78 is 0.447. The van der Waals surface area contributed by atoms with Crippen molar-refractivity contribution in [2.24, 2.45) is 5.92 Å². The highest BCUT2D eigenvalue weighted by atomic mass is 32.1. The number of amides is 3. The van der Waals surface area contributed by atoms with Crippen LogP contribution >= 0.6 is 23.6 Å². The highest BCUT2D eigenvalue weighted by Gasteiger charge is 2.26. The topological polar surface area (TPSA) is 116 Å². The Morgan fingerprint density at radius 2 is 1.75 bits per heavy atom. The Bertz CT molecular complexity index is 1280. The van der Waals surface area contributed by atoms with Gasteiger partial charge in [-0.3, -0.25) is 24.8 Å². The molecule has 36 heavy (non-hydrogen) atoms. The van der Waals surface area contributed by atoms with Crippen molar-refractivity contribution in [2.45, 2.75) is 52.5 Å². The summed E-state index contributed by atoms with van der Waals surface area (Å²) >= 11 is 6.13. The van der Waals surface area contributed by atoms with E-state index < -0.39 is 6.04 Å². The molecule has 190 valence electrons. The van der Waals surface area contributed by atoms with Gasteiger partial charge in [0.25, 0.3) is 5.91 Å². The maximum Gasteiger partial charge on any atom is 0.255 e. The van der Waals surface area contributed by atoms with Crippen molar-refractivity contribution in [3.63, 3.8) is 0 Å². The summed E-state index contributed by atoms with van der Waals surface area (Å²) in [6.45, 7) is 10.1. The number of benzene rings is 1. The van der Waals surface area contributed by atoms with E-state index in [9.17, 15) is 14.4 Å². The molecule has 1 aliphatic carbocycles. The number of aromatic nitrogens is 2. The molecule has 1 aromatic carbocycles. The van der Waals surface area contributed by atoms with Gasteiger partial charge in [-0.05, 0) is 59.8 Å². The first-order valence-corrected chi connectivity index (χ1v) is 12.8. The molecule has 0 saturated carbocycles. The van der Waals surface area contributed by atoms with Crippen LogP contribution in [0.2, 0.25) is 0 Å². The lowest BCUT2D eigenvalue weighted by Crippen LogP contribution is -2.47. The lowest BCUT2D eigenvalue weighted by molar-refractivity contribution is -0.125. The molecule has 0 spiro atoms. The molecular weight excluding hydrogens is 494 g/mol. The van der Waals surface area contributed by atoms with Crippen molar-refractivity contribution in [3.05, 3.63) is 74.9 Å². The molecule has 0 aliphatic heterocycles. The number of rotatable bonds is 7. The predicted molar refractivity (Wildman–Crippen MR) is 145 cm³/mol. The molecule has 2 aromatic rings. The van der Waals surface area contributed by atoms with Gasteiger partial charge in [0, 0.05) is 16.8 Å². The van der Waals surface area contributed by atoms with Gasteiger partial charge in [0.05, 0.1) is 0 Å². The lowest BCUT2D eigenvalue weighted by atomic mass is 9.87. The summed E-state index contributed by atoms with van der Waals surface area (Å²) in [5.41, 5.74) is 2.75. The zero-order chi connectivity index (χ0) is 26.5. The number of carbonyl (C=O) groups excluding carboxylic acids is 3. The van der Waals surface area contributed by atoms with Crippen molar-refractivity contribution in [2.75, 3.05) is 5.32 Å². The van der Waals surface area contributed by atoms with Crippen LogP contribution in [-0.4, -0.2) is 34.0 Å². The number of allylic oxidation sites excluding steroid dienone is 4. The molecular formula is C26H31N5O3S2. The van der Waals surface area contributed by atoms with Gasteiger partial charge in [-0.1, -0.05) is 70.2 Å². The van der Waals surface area contributed by atoms with Crippen LogP contribution < -0.4 is 16.0 Å². The fourth-order valence-electron chi connectivity index (χ4n) is 3.44. The minimum Gasteiger partial charge on any atom is -0.340 e. The Morgan fingerprint density at radius 3 is 2.33 bits per heavy atom. The van der Waals surface area contributed by atoms with Gasteiger partial charge in [-0.2, -0.15) is 0 Å². The number of aromatic amines is 1. The fraction of sp³-hybridized carbons (Fsp3) is 0.346. The Labute approximate surface area is 220 Å². The quantitative estimate of drug-likeness (QED) is 0.389. The minimum atomic E-state index is -0.762. The third-order valence-corrected chi connectivity index (χ3v) is 6.57. The van der Waals surface area contributed by atoms with Crippen molar-refractivity contribution in [3.8, 4) is 0 Å². The third-order valence-electron chi connectivity index (χ3n) is 5.57. The second-order valence-electron chi connectivity index (χ2n) is 9.80. The summed E-state index contributed by atoms with van der Waals surface area (Å²) in [4.78, 5) is 38.4. The molecule has 1 aliphatic rings. The van der Waals surface area contributed by atoms with Gasteiger partial charge in [-0.25, -0.2) is 0 Å². The molecule has 1 aromatic heterocycles. The van der Waals surface area contributed by atoms with E-state index in [1.165, 1.54) is 0 Å². The molecule has 0 unspecified atom stereocenters. The maximum atomic E-state index is 12.9. The second kappa shape index (κ2) is 11.6. The summed E-state index contributed by atoms with van der Waals surface area (Å²) in [6, 6.07) is 6.77. The van der Waals surface area contributed by atoms with Crippen LogP contribution in [0.15, 0.2) is 59.8 Å². The highest BCUT2D eigenvalue weighted by Crippen LogP contribution is 2.22. The van der Waals surface area contributed by atoms with E-state index in [-0.39, 0.29) is 29.1 Å². The second-order valence-corrected chi connectivity index (χ2v) is 11.5. The summed E-state index contributed by atoms with van der Waals surface area (Å²) in [6.07, 6.45) is 7.25. The summed E-state index contributed by atoms with van der Waals surface area (Å²) in [5, 5.41) is 15.3. The van der Waals surface area contributed by atoms with Crippen molar-refractivity contribution in [1.82, 2.24) is 20.8 Å². The number of nitrogens with zero attached hydrogens (tertiary/aromatic N) is 1. The molecule has 0 saturated heterocycles. The third kappa shape index (κ3) is 7.32. The molecule has 0 radical (unpaired) electrons. The van der Waals surface area contributed by atoms with Gasteiger partial charge in [-0.15, -0.1) is 5.10 Å². The first-order valence-electron chi connectivity index (χ1n) is 11.6. The number of anilines is 1. The zero-order valence-corrected chi connectivity index (χ0v) is 22.6. The summed E-state index contributed by atoms with van der Waals surface area (Å²) in [7, 11) is 0. The van der Waals surface area contributed by atoms with Gasteiger partial charge in [0.2, 0.25) is 16.9 Å². The van der Waals surface area contributed by atoms with Crippen LogP contribution in [0.4, 0.5) is 5.13 Å². The maximum absolute atomic E-state index is 12.9. The largest absolute Gasteiger partial charge is 0.340 e. The Kier molecular flexibility index (Phi) is 8.75. The minimum absolute atomic E-state index is 0.00681. The Morgan fingerprint density at radius 1 is 1.06 bits per heavy atom. The van der Waals surface area contributed by atoms with Gasteiger partial charge < -0.3 is 10.6 Å². The van der Waals surface area contributed by atoms with Crippen molar-refractivity contribution in [1.29, 1.82) is 0 Å². The molecule has 3 amide bonds. The van der Waals surface area contributed by atoms with E-state index in [1.807, 2.05) is 38.1 Å². The van der Waals surface area contributed by atoms with Crippen molar-refractivity contribution < 1.29 is 14.4 Å². The molecule has 1 atom stereocenters. The number of hydrogen-bond acceptors (Lipinski definition) is 6. The first-order chi connectivity index (χ1) is 16.9. The fourth-order valence-corrected chi connectivity index (χ4v) is 4.23. The normalized spacial score (nSPS) is 14.4. The number of hydrogen-bond donors (Lipinski definition) is 4. The molecule has 4 N–H and O–H groups in total. The average Bonchev–Trinajstić information content (AvgIpc) is 3.07. The Balaban J connectivity index is 1.65. The van der Waals surface area contributed by atoms with Gasteiger partial charge >= 0.3 is 0 Å². The molecule has 3 rings (SSSR count). The Hall–Kier alpha value is -3.37. The van der Waals surface area contributed by atoms with E-state index >= 15 is 0 Å².